The predicted octanol–water partition coefficient (Wildman–Crippen LogP) is 1.00. The lowest BCUT2D eigenvalue weighted by atomic mass is 9.66. The van der Waals surface area contributed by atoms with Crippen LogP contribution in [-0.4, -0.2) is 43.0 Å². The molecule has 1 fully saturated rings. The fourth-order valence-electron chi connectivity index (χ4n) is 2.93. The zero-order valence-corrected chi connectivity index (χ0v) is 13.2. The van der Waals surface area contributed by atoms with Crippen molar-refractivity contribution in [3.05, 3.63) is 18.0 Å². The molecule has 0 aromatic carbocycles. The minimum atomic E-state index is -0.349. The van der Waals surface area contributed by atoms with Crippen LogP contribution in [0.4, 0.5) is 0 Å². The van der Waals surface area contributed by atoms with Crippen LogP contribution in [0.3, 0.4) is 0 Å². The Kier molecular flexibility index (Phi) is 5.36. The van der Waals surface area contributed by atoms with E-state index >= 15 is 0 Å². The van der Waals surface area contributed by atoms with Crippen LogP contribution in [0.2, 0.25) is 0 Å². The minimum Gasteiger partial charge on any atom is -0.385 e. The number of ether oxygens (including phenoxy) is 1. The third-order valence-corrected chi connectivity index (χ3v) is 4.50. The molecule has 0 saturated heterocycles. The molecule has 1 atom stereocenters. The van der Waals surface area contributed by atoms with Gasteiger partial charge in [-0.15, -0.1) is 0 Å². The van der Waals surface area contributed by atoms with Gasteiger partial charge in [0.15, 0.2) is 0 Å². The van der Waals surface area contributed by atoms with E-state index in [1.165, 1.54) is 19.3 Å². The Morgan fingerprint density at radius 3 is 2.81 bits per heavy atom. The zero-order valence-electron chi connectivity index (χ0n) is 13.2. The highest BCUT2D eigenvalue weighted by Gasteiger charge is 2.37. The maximum atomic E-state index is 12.4. The van der Waals surface area contributed by atoms with Crippen molar-refractivity contribution in [3.8, 4) is 0 Å². The summed E-state index contributed by atoms with van der Waals surface area (Å²) in [6, 6.07) is -0.349. The average Bonchev–Trinajstić information content (AvgIpc) is 2.84. The Morgan fingerprint density at radius 2 is 2.33 bits per heavy atom. The summed E-state index contributed by atoms with van der Waals surface area (Å²) in [7, 11) is 5.37. The minimum absolute atomic E-state index is 0.00851. The molecule has 1 aromatic heterocycles. The molecule has 0 aliphatic heterocycles. The lowest BCUT2D eigenvalue weighted by Gasteiger charge is -2.42. The van der Waals surface area contributed by atoms with Gasteiger partial charge >= 0.3 is 0 Å². The first kappa shape index (κ1) is 16.0. The lowest BCUT2D eigenvalue weighted by molar-refractivity contribution is -0.124. The van der Waals surface area contributed by atoms with E-state index in [-0.39, 0.29) is 17.4 Å². The fourth-order valence-corrected chi connectivity index (χ4v) is 2.93. The van der Waals surface area contributed by atoms with Gasteiger partial charge in [-0.1, -0.05) is 6.42 Å². The van der Waals surface area contributed by atoms with E-state index in [9.17, 15) is 4.79 Å². The molecular weight excluding hydrogens is 268 g/mol. The number of likely N-dealkylation sites (N-methyl/N-ethyl adjacent to an activating group) is 1. The van der Waals surface area contributed by atoms with Gasteiger partial charge in [0.25, 0.3) is 0 Å². The molecular formula is C15H26N4O2. The van der Waals surface area contributed by atoms with Crippen molar-refractivity contribution in [2.75, 3.05) is 27.3 Å². The van der Waals surface area contributed by atoms with Crippen molar-refractivity contribution in [2.24, 2.45) is 12.5 Å². The van der Waals surface area contributed by atoms with Gasteiger partial charge in [-0.25, -0.2) is 0 Å². The average molecular weight is 294 g/mol. The molecule has 6 heteroatoms. The number of aromatic nitrogens is 2. The van der Waals surface area contributed by atoms with E-state index < -0.39 is 0 Å². The summed E-state index contributed by atoms with van der Waals surface area (Å²) < 4.78 is 6.89. The summed E-state index contributed by atoms with van der Waals surface area (Å²) in [5.74, 6) is 0.00851. The number of hydrogen-bond donors (Lipinski definition) is 2. The monoisotopic (exact) mass is 294 g/mol. The number of nitrogens with zero attached hydrogens (tertiary/aromatic N) is 2. The van der Waals surface area contributed by atoms with Crippen molar-refractivity contribution >= 4 is 5.91 Å². The molecule has 2 N–H and O–H groups in total. The van der Waals surface area contributed by atoms with Crippen LogP contribution in [0.5, 0.6) is 0 Å². The molecule has 1 aromatic rings. The molecule has 118 valence electrons. The normalized spacial score (nSPS) is 18.0. The molecule has 0 spiro atoms. The van der Waals surface area contributed by atoms with Crippen LogP contribution in [0, 0.1) is 5.41 Å². The SMILES string of the molecule is CNC(C(=O)NCC1(CCOC)CCC1)c1cnn(C)c1. The fraction of sp³-hybridized carbons (Fsp3) is 0.733. The maximum absolute atomic E-state index is 12.4. The number of carbonyl (C=O) groups is 1. The Balaban J connectivity index is 1.90. The number of rotatable bonds is 8. The first-order valence-electron chi connectivity index (χ1n) is 7.53. The number of methoxy groups -OCH3 is 1. The first-order valence-corrected chi connectivity index (χ1v) is 7.53. The Labute approximate surface area is 126 Å². The maximum Gasteiger partial charge on any atom is 0.241 e. The quantitative estimate of drug-likeness (QED) is 0.751. The van der Waals surface area contributed by atoms with Gasteiger partial charge in [0.1, 0.15) is 6.04 Å². The van der Waals surface area contributed by atoms with Crippen molar-refractivity contribution in [3.63, 3.8) is 0 Å². The van der Waals surface area contributed by atoms with Crippen LogP contribution in [0.15, 0.2) is 12.4 Å². The summed E-state index contributed by atoms with van der Waals surface area (Å²) in [5, 5.41) is 10.3. The molecule has 1 aliphatic rings. The molecule has 1 saturated carbocycles. The highest BCUT2D eigenvalue weighted by molar-refractivity contribution is 5.83. The van der Waals surface area contributed by atoms with Gasteiger partial charge in [0.2, 0.25) is 5.91 Å². The van der Waals surface area contributed by atoms with Gasteiger partial charge in [0.05, 0.1) is 6.20 Å². The topological polar surface area (TPSA) is 68.2 Å². The predicted molar refractivity (Wildman–Crippen MR) is 80.8 cm³/mol. The molecule has 1 unspecified atom stereocenters. The van der Waals surface area contributed by atoms with E-state index in [2.05, 4.69) is 15.7 Å². The highest BCUT2D eigenvalue weighted by atomic mass is 16.5. The number of amides is 1. The second kappa shape index (κ2) is 7.04. The van der Waals surface area contributed by atoms with Crippen LogP contribution in [0.25, 0.3) is 0 Å². The largest absolute Gasteiger partial charge is 0.385 e. The van der Waals surface area contributed by atoms with Crippen LogP contribution in [0.1, 0.15) is 37.3 Å². The van der Waals surface area contributed by atoms with E-state index in [4.69, 9.17) is 4.74 Å². The van der Waals surface area contributed by atoms with Crippen LogP contribution >= 0.6 is 0 Å². The van der Waals surface area contributed by atoms with Crippen molar-refractivity contribution in [2.45, 2.75) is 31.7 Å². The van der Waals surface area contributed by atoms with Gasteiger partial charge in [-0.3, -0.25) is 9.48 Å². The van der Waals surface area contributed by atoms with Crippen LogP contribution < -0.4 is 10.6 Å². The third kappa shape index (κ3) is 3.83. The molecule has 1 amide bonds. The van der Waals surface area contributed by atoms with Crippen LogP contribution in [-0.2, 0) is 16.6 Å². The Bertz CT molecular complexity index is 468. The van der Waals surface area contributed by atoms with Crippen molar-refractivity contribution in [1.82, 2.24) is 20.4 Å². The summed E-state index contributed by atoms with van der Waals surface area (Å²) in [5.41, 5.74) is 1.12. The first-order chi connectivity index (χ1) is 10.1. The number of carbonyl (C=O) groups excluding carboxylic acids is 1. The Morgan fingerprint density at radius 1 is 1.57 bits per heavy atom. The second-order valence-corrected chi connectivity index (χ2v) is 5.98. The van der Waals surface area contributed by atoms with Gasteiger partial charge in [-0.2, -0.15) is 5.10 Å². The number of aryl methyl sites for hydroxylation is 1. The molecule has 0 radical (unpaired) electrons. The van der Waals surface area contributed by atoms with Crippen molar-refractivity contribution in [1.29, 1.82) is 0 Å². The number of nitrogens with one attached hydrogen (secondary N) is 2. The third-order valence-electron chi connectivity index (χ3n) is 4.50. The summed E-state index contributed by atoms with van der Waals surface area (Å²) >= 11 is 0. The highest BCUT2D eigenvalue weighted by Crippen LogP contribution is 2.43. The van der Waals surface area contributed by atoms with Gasteiger partial charge in [-0.05, 0) is 31.7 Å². The van der Waals surface area contributed by atoms with Gasteiger partial charge in [0, 0.05) is 39.1 Å². The molecule has 21 heavy (non-hydrogen) atoms. The Hall–Kier alpha value is -1.40. The van der Waals surface area contributed by atoms with E-state index in [0.717, 1.165) is 25.1 Å². The van der Waals surface area contributed by atoms with Gasteiger partial charge < -0.3 is 15.4 Å². The molecule has 0 bridgehead atoms. The lowest BCUT2D eigenvalue weighted by Crippen LogP contribution is -2.45. The standard InChI is InChI=1S/C15H26N4O2/c1-16-13(12-9-18-19(2)10-12)14(20)17-11-15(5-4-6-15)7-8-21-3/h9-10,13,16H,4-8,11H2,1-3H3,(H,17,20). The molecule has 1 heterocycles. The molecule has 1 aliphatic carbocycles. The smallest absolute Gasteiger partial charge is 0.241 e. The summed E-state index contributed by atoms with van der Waals surface area (Å²) in [6.45, 7) is 1.49. The second-order valence-electron chi connectivity index (χ2n) is 5.98. The van der Waals surface area contributed by atoms with E-state index in [1.54, 1.807) is 25.0 Å². The number of hydrogen-bond acceptors (Lipinski definition) is 4. The zero-order chi connectivity index (χ0) is 15.3. The summed E-state index contributed by atoms with van der Waals surface area (Å²) in [4.78, 5) is 12.4. The molecule has 2 rings (SSSR count). The summed E-state index contributed by atoms with van der Waals surface area (Å²) in [6.07, 6.45) is 8.20. The van der Waals surface area contributed by atoms with E-state index in [1.807, 2.05) is 13.2 Å². The van der Waals surface area contributed by atoms with E-state index in [0.29, 0.717) is 0 Å². The molecule has 6 nitrogen and oxygen atoms in total. The van der Waals surface area contributed by atoms with Crippen molar-refractivity contribution < 1.29 is 9.53 Å².